The van der Waals surface area contributed by atoms with Crippen LogP contribution in [0, 0.1) is 13.8 Å². The van der Waals surface area contributed by atoms with Crippen LogP contribution >= 0.6 is 0 Å². The number of anilines is 1. The van der Waals surface area contributed by atoms with Crippen LogP contribution in [-0.2, 0) is 4.79 Å². The van der Waals surface area contributed by atoms with E-state index in [0.29, 0.717) is 17.6 Å². The van der Waals surface area contributed by atoms with E-state index in [1.165, 1.54) is 0 Å². The molecule has 1 aromatic heterocycles. The van der Waals surface area contributed by atoms with E-state index in [0.717, 1.165) is 22.3 Å². The van der Waals surface area contributed by atoms with Crippen LogP contribution in [0.3, 0.4) is 0 Å². The highest BCUT2D eigenvalue weighted by molar-refractivity contribution is 5.90. The molecule has 0 aliphatic carbocycles. The van der Waals surface area contributed by atoms with E-state index in [-0.39, 0.29) is 18.5 Å². The van der Waals surface area contributed by atoms with E-state index < -0.39 is 0 Å². The van der Waals surface area contributed by atoms with E-state index in [9.17, 15) is 4.79 Å². The van der Waals surface area contributed by atoms with Gasteiger partial charge in [-0.05, 0) is 54.2 Å². The Hall–Kier alpha value is -3.15. The van der Waals surface area contributed by atoms with Gasteiger partial charge in [0.05, 0.1) is 0 Å². The molecule has 6 heteroatoms. The SMILES string of the molecule is Cc1ccc(-c2nc(NC(=O)COc3cc(C)ccc3C(C)C)no2)cc1. The number of aromatic nitrogens is 2. The largest absolute Gasteiger partial charge is 0.483 e. The van der Waals surface area contributed by atoms with E-state index in [4.69, 9.17) is 9.26 Å². The molecule has 0 aliphatic rings. The third kappa shape index (κ3) is 4.73. The molecule has 1 amide bonds. The number of benzene rings is 2. The normalized spacial score (nSPS) is 10.9. The Bertz CT molecular complexity index is 930. The summed E-state index contributed by atoms with van der Waals surface area (Å²) in [6.07, 6.45) is 0. The molecule has 6 nitrogen and oxygen atoms in total. The molecule has 0 bridgehead atoms. The summed E-state index contributed by atoms with van der Waals surface area (Å²) in [5.74, 6) is 1.15. The van der Waals surface area contributed by atoms with Gasteiger partial charge in [-0.1, -0.05) is 43.7 Å². The van der Waals surface area contributed by atoms with Gasteiger partial charge in [0, 0.05) is 5.56 Å². The van der Waals surface area contributed by atoms with E-state index >= 15 is 0 Å². The molecule has 0 saturated heterocycles. The quantitative estimate of drug-likeness (QED) is 0.696. The number of carbonyl (C=O) groups is 1. The number of nitrogens with one attached hydrogen (secondary N) is 1. The van der Waals surface area contributed by atoms with Gasteiger partial charge in [-0.15, -0.1) is 0 Å². The number of hydrogen-bond donors (Lipinski definition) is 1. The van der Waals surface area contributed by atoms with Gasteiger partial charge < -0.3 is 9.26 Å². The Morgan fingerprint density at radius 1 is 1.11 bits per heavy atom. The van der Waals surface area contributed by atoms with E-state index in [1.807, 2.05) is 56.3 Å². The summed E-state index contributed by atoms with van der Waals surface area (Å²) in [5, 5.41) is 6.39. The van der Waals surface area contributed by atoms with Crippen LogP contribution in [0.25, 0.3) is 11.5 Å². The summed E-state index contributed by atoms with van der Waals surface area (Å²) in [6, 6.07) is 13.7. The molecule has 0 radical (unpaired) electrons. The number of ether oxygens (including phenoxy) is 1. The Balaban J connectivity index is 1.62. The van der Waals surface area contributed by atoms with Crippen LogP contribution in [0.4, 0.5) is 5.95 Å². The Labute approximate surface area is 158 Å². The smallest absolute Gasteiger partial charge is 0.270 e. The number of hydrogen-bond acceptors (Lipinski definition) is 5. The highest BCUT2D eigenvalue weighted by Gasteiger charge is 2.13. The molecule has 27 heavy (non-hydrogen) atoms. The zero-order valence-electron chi connectivity index (χ0n) is 15.9. The van der Waals surface area contributed by atoms with Crippen molar-refractivity contribution >= 4 is 11.9 Å². The Morgan fingerprint density at radius 2 is 1.81 bits per heavy atom. The average Bonchev–Trinajstić information content (AvgIpc) is 3.08. The first kappa shape index (κ1) is 18.6. The zero-order chi connectivity index (χ0) is 19.4. The third-order valence-electron chi connectivity index (χ3n) is 4.13. The molecular formula is C21H23N3O3. The second-order valence-electron chi connectivity index (χ2n) is 6.82. The molecule has 0 aliphatic heterocycles. The second kappa shape index (κ2) is 8.03. The fourth-order valence-corrected chi connectivity index (χ4v) is 2.64. The first-order chi connectivity index (χ1) is 12.9. The van der Waals surface area contributed by atoms with Gasteiger partial charge in [-0.25, -0.2) is 0 Å². The molecule has 0 unspecified atom stereocenters. The highest BCUT2D eigenvalue weighted by Crippen LogP contribution is 2.27. The predicted molar refractivity (Wildman–Crippen MR) is 104 cm³/mol. The van der Waals surface area contributed by atoms with Crippen molar-refractivity contribution in [3.63, 3.8) is 0 Å². The first-order valence-electron chi connectivity index (χ1n) is 8.86. The lowest BCUT2D eigenvalue weighted by Crippen LogP contribution is -2.21. The lowest BCUT2D eigenvalue weighted by atomic mass is 10.0. The molecule has 3 aromatic rings. The molecule has 1 N–H and O–H groups in total. The van der Waals surface area contributed by atoms with Gasteiger partial charge in [-0.2, -0.15) is 4.98 Å². The number of aryl methyl sites for hydroxylation is 2. The van der Waals surface area contributed by atoms with E-state index in [2.05, 4.69) is 29.3 Å². The van der Waals surface area contributed by atoms with Crippen molar-refractivity contribution in [2.24, 2.45) is 0 Å². The lowest BCUT2D eigenvalue weighted by Gasteiger charge is -2.14. The fraction of sp³-hybridized carbons (Fsp3) is 0.286. The minimum atomic E-state index is -0.345. The molecule has 0 atom stereocenters. The lowest BCUT2D eigenvalue weighted by molar-refractivity contribution is -0.118. The minimum Gasteiger partial charge on any atom is -0.483 e. The maximum Gasteiger partial charge on any atom is 0.270 e. The van der Waals surface area contributed by atoms with Crippen LogP contribution in [0.5, 0.6) is 5.75 Å². The standard InChI is InChI=1S/C21H23N3O3/c1-13(2)17-10-7-15(4)11-18(17)26-12-19(25)22-21-23-20(27-24-21)16-8-5-14(3)6-9-16/h5-11,13H,12H2,1-4H3,(H,22,24,25). The van der Waals surface area contributed by atoms with Gasteiger partial charge in [0.25, 0.3) is 17.7 Å². The predicted octanol–water partition coefficient (Wildman–Crippen LogP) is 4.49. The summed E-state index contributed by atoms with van der Waals surface area (Å²) in [5.41, 5.74) is 4.08. The Morgan fingerprint density at radius 3 is 2.52 bits per heavy atom. The number of carbonyl (C=O) groups excluding carboxylic acids is 1. The van der Waals surface area contributed by atoms with Crippen LogP contribution in [0.1, 0.15) is 36.5 Å². The summed E-state index contributed by atoms with van der Waals surface area (Å²) in [6.45, 7) is 8.04. The van der Waals surface area contributed by atoms with Crippen molar-refractivity contribution in [1.82, 2.24) is 10.1 Å². The molecular weight excluding hydrogens is 342 g/mol. The zero-order valence-corrected chi connectivity index (χ0v) is 15.9. The fourth-order valence-electron chi connectivity index (χ4n) is 2.64. The van der Waals surface area contributed by atoms with Gasteiger partial charge >= 0.3 is 0 Å². The molecule has 2 aromatic carbocycles. The first-order valence-corrected chi connectivity index (χ1v) is 8.86. The summed E-state index contributed by atoms with van der Waals surface area (Å²) >= 11 is 0. The van der Waals surface area contributed by atoms with Crippen molar-refractivity contribution in [2.75, 3.05) is 11.9 Å². The number of amides is 1. The minimum absolute atomic E-state index is 0.118. The molecule has 140 valence electrons. The third-order valence-corrected chi connectivity index (χ3v) is 4.13. The van der Waals surface area contributed by atoms with Crippen molar-refractivity contribution < 1.29 is 14.1 Å². The van der Waals surface area contributed by atoms with Crippen molar-refractivity contribution in [3.8, 4) is 17.2 Å². The van der Waals surface area contributed by atoms with Gasteiger partial charge in [0.15, 0.2) is 6.61 Å². The summed E-state index contributed by atoms with van der Waals surface area (Å²) in [7, 11) is 0. The monoisotopic (exact) mass is 365 g/mol. The van der Waals surface area contributed by atoms with E-state index in [1.54, 1.807) is 0 Å². The molecule has 0 spiro atoms. The molecule has 0 saturated carbocycles. The highest BCUT2D eigenvalue weighted by atomic mass is 16.5. The van der Waals surface area contributed by atoms with Crippen LogP contribution in [-0.4, -0.2) is 22.7 Å². The molecule has 1 heterocycles. The molecule has 3 rings (SSSR count). The number of rotatable bonds is 6. The van der Waals surface area contributed by atoms with Gasteiger partial charge in [-0.3, -0.25) is 10.1 Å². The number of nitrogens with zero attached hydrogens (tertiary/aromatic N) is 2. The topological polar surface area (TPSA) is 77.2 Å². The van der Waals surface area contributed by atoms with Crippen LogP contribution in [0.2, 0.25) is 0 Å². The second-order valence-corrected chi connectivity index (χ2v) is 6.82. The van der Waals surface area contributed by atoms with Crippen LogP contribution < -0.4 is 10.1 Å². The van der Waals surface area contributed by atoms with Crippen molar-refractivity contribution in [2.45, 2.75) is 33.6 Å². The average molecular weight is 365 g/mol. The van der Waals surface area contributed by atoms with Gasteiger partial charge in [0.2, 0.25) is 0 Å². The maximum absolute atomic E-state index is 12.2. The molecule has 0 fully saturated rings. The Kier molecular flexibility index (Phi) is 5.54. The summed E-state index contributed by atoms with van der Waals surface area (Å²) < 4.78 is 10.9. The maximum atomic E-state index is 12.2. The van der Waals surface area contributed by atoms with Crippen LogP contribution in [0.15, 0.2) is 47.0 Å². The summed E-state index contributed by atoms with van der Waals surface area (Å²) in [4.78, 5) is 16.4. The van der Waals surface area contributed by atoms with Crippen molar-refractivity contribution in [3.05, 3.63) is 59.2 Å². The van der Waals surface area contributed by atoms with Crippen molar-refractivity contribution in [1.29, 1.82) is 0 Å². The van der Waals surface area contributed by atoms with Gasteiger partial charge in [0.1, 0.15) is 5.75 Å².